The monoisotopic (exact) mass is 358 g/mol. The number of aromatic nitrogens is 1. The van der Waals surface area contributed by atoms with Crippen molar-refractivity contribution in [2.45, 2.75) is 32.2 Å². The minimum atomic E-state index is -0.0921. The van der Waals surface area contributed by atoms with Crippen LogP contribution in [0.25, 0.3) is 0 Å². The second-order valence-corrected chi connectivity index (χ2v) is 6.87. The van der Waals surface area contributed by atoms with Crippen LogP contribution in [0.1, 0.15) is 30.5 Å². The van der Waals surface area contributed by atoms with Crippen LogP contribution in [-0.2, 0) is 13.0 Å². The molecule has 0 spiro atoms. The molecule has 2 heterocycles. The maximum Gasteiger partial charge on any atom is 0.183 e. The van der Waals surface area contributed by atoms with Crippen LogP contribution in [0.3, 0.4) is 0 Å². The summed E-state index contributed by atoms with van der Waals surface area (Å²) in [6.07, 6.45) is 5.93. The van der Waals surface area contributed by atoms with Gasteiger partial charge in [0.05, 0.1) is 14.2 Å². The molecule has 0 N–H and O–H groups in total. The predicted octanol–water partition coefficient (Wildman–Crippen LogP) is 4.08. The number of benzene rings is 1. The van der Waals surface area contributed by atoms with Crippen molar-refractivity contribution < 1.29 is 13.9 Å². The van der Waals surface area contributed by atoms with Crippen molar-refractivity contribution in [2.24, 2.45) is 5.92 Å². The molecule has 0 aliphatic carbocycles. The number of piperidine rings is 1. The van der Waals surface area contributed by atoms with Crippen molar-refractivity contribution in [3.63, 3.8) is 0 Å². The highest BCUT2D eigenvalue weighted by Crippen LogP contribution is 2.31. The number of pyridine rings is 1. The Morgan fingerprint density at radius 3 is 2.81 bits per heavy atom. The van der Waals surface area contributed by atoms with Gasteiger partial charge >= 0.3 is 0 Å². The van der Waals surface area contributed by atoms with Crippen LogP contribution in [-0.4, -0.2) is 37.2 Å². The summed E-state index contributed by atoms with van der Waals surface area (Å²) < 4.78 is 24.7. The van der Waals surface area contributed by atoms with E-state index in [9.17, 15) is 4.39 Å². The fraction of sp³-hybridized carbons (Fsp3) is 0.476. The van der Waals surface area contributed by atoms with Crippen LogP contribution in [0, 0.1) is 11.7 Å². The highest BCUT2D eigenvalue weighted by Gasteiger charge is 2.22. The van der Waals surface area contributed by atoms with Crippen LogP contribution >= 0.6 is 0 Å². The molecule has 140 valence electrons. The van der Waals surface area contributed by atoms with E-state index in [0.29, 0.717) is 17.4 Å². The zero-order valence-electron chi connectivity index (χ0n) is 15.6. The lowest BCUT2D eigenvalue weighted by Crippen LogP contribution is -2.35. The Kier molecular flexibility index (Phi) is 6.45. The minimum Gasteiger partial charge on any atom is -0.493 e. The number of hydrogen-bond donors (Lipinski definition) is 0. The second kappa shape index (κ2) is 8.99. The summed E-state index contributed by atoms with van der Waals surface area (Å²) in [7, 11) is 3.29. The van der Waals surface area contributed by atoms with Crippen molar-refractivity contribution in [3.05, 3.63) is 53.6 Å². The summed E-state index contributed by atoms with van der Waals surface area (Å²) in [6.45, 7) is 2.81. The predicted molar refractivity (Wildman–Crippen MR) is 100 cm³/mol. The SMILES string of the molecule is COc1ccnc(CN2CCCC(CCc3ccccc3F)C2)c1OC. The van der Waals surface area contributed by atoms with E-state index < -0.39 is 0 Å². The molecule has 1 fully saturated rings. The van der Waals surface area contributed by atoms with Gasteiger partial charge in [-0.3, -0.25) is 9.88 Å². The molecule has 0 bridgehead atoms. The van der Waals surface area contributed by atoms with Crippen LogP contribution < -0.4 is 9.47 Å². The molecule has 1 aromatic carbocycles. The quantitative estimate of drug-likeness (QED) is 0.747. The van der Waals surface area contributed by atoms with E-state index in [1.165, 1.54) is 6.42 Å². The van der Waals surface area contributed by atoms with Crippen molar-refractivity contribution >= 4 is 0 Å². The molecule has 0 radical (unpaired) electrons. The first-order valence-electron chi connectivity index (χ1n) is 9.23. The molecule has 1 atom stereocenters. The van der Waals surface area contributed by atoms with Gasteiger partial charge in [0.25, 0.3) is 0 Å². The first-order chi connectivity index (χ1) is 12.7. The largest absolute Gasteiger partial charge is 0.493 e. The molecule has 1 saturated heterocycles. The number of nitrogens with zero attached hydrogens (tertiary/aromatic N) is 2. The van der Waals surface area contributed by atoms with E-state index in [1.54, 1.807) is 32.5 Å². The van der Waals surface area contributed by atoms with Crippen LogP contribution in [0.5, 0.6) is 11.5 Å². The highest BCUT2D eigenvalue weighted by atomic mass is 19.1. The summed E-state index contributed by atoms with van der Waals surface area (Å²) in [5.74, 6) is 1.92. The molecular formula is C21H27FN2O2. The lowest BCUT2D eigenvalue weighted by Gasteiger charge is -2.33. The van der Waals surface area contributed by atoms with Crippen molar-refractivity contribution in [1.29, 1.82) is 0 Å². The average molecular weight is 358 g/mol. The third-order valence-corrected chi connectivity index (χ3v) is 5.12. The Hall–Kier alpha value is -2.14. The Bertz CT molecular complexity index is 723. The van der Waals surface area contributed by atoms with Gasteiger partial charge < -0.3 is 9.47 Å². The Labute approximate surface area is 155 Å². The van der Waals surface area contributed by atoms with Gasteiger partial charge in [0.1, 0.15) is 11.5 Å². The van der Waals surface area contributed by atoms with Gasteiger partial charge in [-0.2, -0.15) is 0 Å². The van der Waals surface area contributed by atoms with Gasteiger partial charge in [0.2, 0.25) is 0 Å². The molecule has 1 aliphatic rings. The Morgan fingerprint density at radius 2 is 2.04 bits per heavy atom. The van der Waals surface area contributed by atoms with E-state index in [0.717, 1.165) is 50.2 Å². The summed E-state index contributed by atoms with van der Waals surface area (Å²) in [4.78, 5) is 6.90. The number of hydrogen-bond acceptors (Lipinski definition) is 4. The van der Waals surface area contributed by atoms with Crippen molar-refractivity contribution in [2.75, 3.05) is 27.3 Å². The molecule has 1 unspecified atom stereocenters. The zero-order chi connectivity index (χ0) is 18.4. The summed E-state index contributed by atoms with van der Waals surface area (Å²) in [5.41, 5.74) is 1.72. The normalized spacial score (nSPS) is 17.9. The number of methoxy groups -OCH3 is 2. The van der Waals surface area contributed by atoms with Gasteiger partial charge in [-0.05, 0) is 49.8 Å². The third kappa shape index (κ3) is 4.52. The molecule has 1 aromatic heterocycles. The van der Waals surface area contributed by atoms with E-state index >= 15 is 0 Å². The smallest absolute Gasteiger partial charge is 0.183 e. The van der Waals surface area contributed by atoms with Crippen molar-refractivity contribution in [3.8, 4) is 11.5 Å². The van der Waals surface area contributed by atoms with Crippen LogP contribution in [0.4, 0.5) is 4.39 Å². The van der Waals surface area contributed by atoms with Gasteiger partial charge in [-0.1, -0.05) is 18.2 Å². The van der Waals surface area contributed by atoms with Crippen LogP contribution in [0.2, 0.25) is 0 Å². The number of rotatable bonds is 7. The van der Waals surface area contributed by atoms with Gasteiger partial charge in [-0.25, -0.2) is 4.39 Å². The maximum absolute atomic E-state index is 13.8. The first kappa shape index (κ1) is 18.6. The van der Waals surface area contributed by atoms with Crippen molar-refractivity contribution in [1.82, 2.24) is 9.88 Å². The molecule has 26 heavy (non-hydrogen) atoms. The van der Waals surface area contributed by atoms with E-state index in [1.807, 2.05) is 18.2 Å². The maximum atomic E-state index is 13.8. The molecule has 3 rings (SSSR count). The van der Waals surface area contributed by atoms with E-state index in [4.69, 9.17) is 9.47 Å². The molecule has 1 aliphatic heterocycles. The average Bonchev–Trinajstić information content (AvgIpc) is 2.67. The lowest BCUT2D eigenvalue weighted by atomic mass is 9.91. The highest BCUT2D eigenvalue weighted by molar-refractivity contribution is 5.42. The second-order valence-electron chi connectivity index (χ2n) is 6.87. The first-order valence-corrected chi connectivity index (χ1v) is 9.23. The summed E-state index contributed by atoms with van der Waals surface area (Å²) in [6, 6.07) is 8.90. The number of likely N-dealkylation sites (tertiary alicyclic amines) is 1. The van der Waals surface area contributed by atoms with Gasteiger partial charge in [0, 0.05) is 25.4 Å². The fourth-order valence-electron chi connectivity index (χ4n) is 3.77. The number of halogens is 1. The van der Waals surface area contributed by atoms with E-state index in [2.05, 4.69) is 9.88 Å². The zero-order valence-corrected chi connectivity index (χ0v) is 15.6. The Morgan fingerprint density at radius 1 is 1.19 bits per heavy atom. The molecule has 0 saturated carbocycles. The lowest BCUT2D eigenvalue weighted by molar-refractivity contribution is 0.158. The van der Waals surface area contributed by atoms with Crippen LogP contribution in [0.15, 0.2) is 36.5 Å². The van der Waals surface area contributed by atoms with E-state index in [-0.39, 0.29) is 5.82 Å². The van der Waals surface area contributed by atoms with Gasteiger partial charge in [0.15, 0.2) is 11.5 Å². The standard InChI is InChI=1S/C21H27FN2O2/c1-25-20-11-12-23-19(21(20)26-2)15-24-13-5-6-16(14-24)9-10-17-7-3-4-8-18(17)22/h3-4,7-8,11-12,16H,5-6,9-10,13-15H2,1-2H3. The van der Waals surface area contributed by atoms with Gasteiger partial charge in [-0.15, -0.1) is 0 Å². The minimum absolute atomic E-state index is 0.0921. The molecule has 2 aromatic rings. The number of ether oxygens (including phenoxy) is 2. The third-order valence-electron chi connectivity index (χ3n) is 5.12. The summed E-state index contributed by atoms with van der Waals surface area (Å²) in [5, 5.41) is 0. The number of aryl methyl sites for hydroxylation is 1. The molecule has 4 nitrogen and oxygen atoms in total. The topological polar surface area (TPSA) is 34.6 Å². The molecular weight excluding hydrogens is 331 g/mol. The Balaban J connectivity index is 1.60. The summed E-state index contributed by atoms with van der Waals surface area (Å²) >= 11 is 0. The molecule has 0 amide bonds. The fourth-order valence-corrected chi connectivity index (χ4v) is 3.77. The molecule has 5 heteroatoms.